The van der Waals surface area contributed by atoms with Gasteiger partial charge in [-0.25, -0.2) is 9.97 Å². The van der Waals surface area contributed by atoms with E-state index in [-0.39, 0.29) is 17.7 Å². The Morgan fingerprint density at radius 2 is 1.90 bits per heavy atom. The van der Waals surface area contributed by atoms with Crippen molar-refractivity contribution in [2.45, 2.75) is 19.8 Å². The summed E-state index contributed by atoms with van der Waals surface area (Å²) in [6.07, 6.45) is 3.24. The van der Waals surface area contributed by atoms with Gasteiger partial charge in [-0.3, -0.25) is 0 Å². The van der Waals surface area contributed by atoms with Gasteiger partial charge in [-0.15, -0.1) is 0 Å². The number of aromatic nitrogens is 3. The van der Waals surface area contributed by atoms with Crippen molar-refractivity contribution in [2.75, 3.05) is 23.8 Å². The number of hydrogen-bond donors (Lipinski definition) is 3. The number of nitrogens with two attached hydrogens (primary N) is 2. The minimum absolute atomic E-state index is 0.115. The first kappa shape index (κ1) is 13.9. The molecule has 7 heteroatoms. The van der Waals surface area contributed by atoms with E-state index in [1.165, 1.54) is 6.20 Å². The lowest BCUT2D eigenvalue weighted by atomic mass is 10.0. The van der Waals surface area contributed by atoms with Gasteiger partial charge in [0.05, 0.1) is 6.20 Å². The highest BCUT2D eigenvalue weighted by Crippen LogP contribution is 2.33. The van der Waals surface area contributed by atoms with Gasteiger partial charge in [-0.05, 0) is 5.92 Å². The normalized spacial score (nSPS) is 10.6. The van der Waals surface area contributed by atoms with Crippen molar-refractivity contribution in [3.8, 4) is 11.5 Å². The topological polar surface area (TPSA) is 112 Å². The third-order valence-electron chi connectivity index (χ3n) is 2.79. The predicted molar refractivity (Wildman–Crippen MR) is 78.8 cm³/mol. The number of hydrogen-bond acceptors (Lipinski definition) is 7. The monoisotopic (exact) mass is 274 g/mol. The zero-order valence-corrected chi connectivity index (χ0v) is 11.7. The fourth-order valence-corrected chi connectivity index (χ4v) is 1.70. The van der Waals surface area contributed by atoms with E-state index in [1.807, 2.05) is 6.07 Å². The van der Waals surface area contributed by atoms with Crippen LogP contribution in [0, 0.1) is 0 Å². The van der Waals surface area contributed by atoms with Crippen molar-refractivity contribution in [3.05, 3.63) is 24.0 Å². The van der Waals surface area contributed by atoms with E-state index in [9.17, 15) is 0 Å². The van der Waals surface area contributed by atoms with Crippen LogP contribution in [-0.4, -0.2) is 22.0 Å². The Morgan fingerprint density at radius 1 is 1.15 bits per heavy atom. The molecule has 0 spiro atoms. The molecule has 0 fully saturated rings. The van der Waals surface area contributed by atoms with Crippen molar-refractivity contribution >= 4 is 17.6 Å². The van der Waals surface area contributed by atoms with Gasteiger partial charge in [-0.1, -0.05) is 13.8 Å². The van der Waals surface area contributed by atoms with E-state index < -0.39 is 0 Å². The third-order valence-corrected chi connectivity index (χ3v) is 2.79. The highest BCUT2D eigenvalue weighted by atomic mass is 16.5. The van der Waals surface area contributed by atoms with Crippen LogP contribution in [0.2, 0.25) is 0 Å². The van der Waals surface area contributed by atoms with Crippen LogP contribution in [0.1, 0.15) is 25.3 Å². The Hall–Kier alpha value is -2.57. The van der Waals surface area contributed by atoms with Gasteiger partial charge in [0, 0.05) is 24.9 Å². The molecule has 106 valence electrons. The first-order chi connectivity index (χ1) is 9.51. The molecule has 0 radical (unpaired) electrons. The molecule has 0 unspecified atom stereocenters. The quantitative estimate of drug-likeness (QED) is 0.781. The Kier molecular flexibility index (Phi) is 3.88. The lowest BCUT2D eigenvalue weighted by Gasteiger charge is -2.15. The Morgan fingerprint density at radius 3 is 2.50 bits per heavy atom. The summed E-state index contributed by atoms with van der Waals surface area (Å²) in [5.74, 6) is 2.33. The zero-order chi connectivity index (χ0) is 14.7. The van der Waals surface area contributed by atoms with Gasteiger partial charge >= 0.3 is 0 Å². The number of rotatable bonds is 4. The molecule has 0 amide bonds. The van der Waals surface area contributed by atoms with Gasteiger partial charge < -0.3 is 21.5 Å². The number of nitrogens with zero attached hydrogens (tertiary/aromatic N) is 3. The van der Waals surface area contributed by atoms with E-state index >= 15 is 0 Å². The van der Waals surface area contributed by atoms with Crippen LogP contribution in [0.15, 0.2) is 18.5 Å². The Labute approximate surface area is 117 Å². The summed E-state index contributed by atoms with van der Waals surface area (Å²) in [7, 11) is 1.79. The molecule has 0 aliphatic rings. The first-order valence-electron chi connectivity index (χ1n) is 6.24. The standard InChI is InChI=1S/C13H18N6O/c1-7(2)8-5-17-11(16-3)4-9(8)20-10-6-18-13(15)19-12(10)14/h4-7H,1-3H3,(H,16,17)(H4,14,15,18,19). The SMILES string of the molecule is CNc1cc(Oc2cnc(N)nc2N)c(C(C)C)cn1. The van der Waals surface area contributed by atoms with Crippen LogP contribution < -0.4 is 21.5 Å². The molecule has 2 aromatic rings. The van der Waals surface area contributed by atoms with E-state index in [4.69, 9.17) is 16.2 Å². The maximum absolute atomic E-state index is 5.81. The minimum Gasteiger partial charge on any atom is -0.451 e. The smallest absolute Gasteiger partial charge is 0.222 e. The summed E-state index contributed by atoms with van der Waals surface area (Å²) < 4.78 is 5.81. The van der Waals surface area contributed by atoms with Crippen molar-refractivity contribution < 1.29 is 4.74 Å². The largest absolute Gasteiger partial charge is 0.451 e. The summed E-state index contributed by atoms with van der Waals surface area (Å²) in [4.78, 5) is 12.0. The van der Waals surface area contributed by atoms with E-state index in [2.05, 4.69) is 34.1 Å². The summed E-state index contributed by atoms with van der Waals surface area (Å²) in [5, 5.41) is 2.97. The highest BCUT2D eigenvalue weighted by molar-refractivity contribution is 5.52. The molecular weight excluding hydrogens is 256 g/mol. The first-order valence-corrected chi connectivity index (χ1v) is 6.24. The number of nitrogens with one attached hydrogen (secondary N) is 1. The molecular formula is C13H18N6O. The number of anilines is 3. The number of pyridine rings is 1. The second-order valence-corrected chi connectivity index (χ2v) is 4.59. The summed E-state index contributed by atoms with van der Waals surface area (Å²) in [6.45, 7) is 4.12. The average Bonchev–Trinajstić information content (AvgIpc) is 2.41. The van der Waals surface area contributed by atoms with Crippen LogP contribution in [0.25, 0.3) is 0 Å². The van der Waals surface area contributed by atoms with Crippen LogP contribution in [0.3, 0.4) is 0 Å². The van der Waals surface area contributed by atoms with Crippen molar-refractivity contribution in [1.82, 2.24) is 15.0 Å². The predicted octanol–water partition coefficient (Wildman–Crippen LogP) is 1.99. The Balaban J connectivity index is 2.40. The van der Waals surface area contributed by atoms with Crippen LogP contribution in [-0.2, 0) is 0 Å². The maximum atomic E-state index is 5.81. The second-order valence-electron chi connectivity index (χ2n) is 4.59. The molecule has 5 N–H and O–H groups in total. The molecule has 0 aliphatic carbocycles. The van der Waals surface area contributed by atoms with Crippen LogP contribution in [0.5, 0.6) is 11.5 Å². The van der Waals surface area contributed by atoms with Crippen LogP contribution in [0.4, 0.5) is 17.6 Å². The zero-order valence-electron chi connectivity index (χ0n) is 11.7. The lowest BCUT2D eigenvalue weighted by Crippen LogP contribution is -2.03. The minimum atomic E-state index is 0.115. The molecule has 0 saturated carbocycles. The van der Waals surface area contributed by atoms with Crippen molar-refractivity contribution in [2.24, 2.45) is 0 Å². The fraction of sp³-hybridized carbons (Fsp3) is 0.308. The molecule has 0 atom stereocenters. The molecule has 0 bridgehead atoms. The molecule has 20 heavy (non-hydrogen) atoms. The lowest BCUT2D eigenvalue weighted by molar-refractivity contribution is 0.470. The summed E-state index contributed by atoms with van der Waals surface area (Å²) in [6, 6.07) is 1.81. The van der Waals surface area contributed by atoms with Gasteiger partial charge in [0.15, 0.2) is 11.6 Å². The second kappa shape index (κ2) is 5.60. The molecule has 2 aromatic heterocycles. The molecule has 0 aliphatic heterocycles. The molecule has 7 nitrogen and oxygen atoms in total. The molecule has 0 saturated heterocycles. The third kappa shape index (κ3) is 2.87. The van der Waals surface area contributed by atoms with Gasteiger partial charge in [0.2, 0.25) is 5.95 Å². The molecule has 0 aromatic carbocycles. The van der Waals surface area contributed by atoms with Crippen LogP contribution >= 0.6 is 0 Å². The van der Waals surface area contributed by atoms with Crippen molar-refractivity contribution in [3.63, 3.8) is 0 Å². The molecule has 2 heterocycles. The fourth-order valence-electron chi connectivity index (χ4n) is 1.70. The Bertz CT molecular complexity index is 614. The number of nitrogen functional groups attached to an aromatic ring is 2. The highest BCUT2D eigenvalue weighted by Gasteiger charge is 2.13. The van der Waals surface area contributed by atoms with E-state index in [0.717, 1.165) is 5.56 Å². The molecule has 2 rings (SSSR count). The van der Waals surface area contributed by atoms with Gasteiger partial charge in [0.25, 0.3) is 0 Å². The number of ether oxygens (including phenoxy) is 1. The summed E-state index contributed by atoms with van der Waals surface area (Å²) in [5.41, 5.74) is 12.2. The van der Waals surface area contributed by atoms with E-state index in [0.29, 0.717) is 17.3 Å². The van der Waals surface area contributed by atoms with E-state index in [1.54, 1.807) is 13.2 Å². The van der Waals surface area contributed by atoms with Gasteiger partial charge in [0.1, 0.15) is 11.6 Å². The summed E-state index contributed by atoms with van der Waals surface area (Å²) >= 11 is 0. The maximum Gasteiger partial charge on any atom is 0.222 e. The van der Waals surface area contributed by atoms with Gasteiger partial charge in [-0.2, -0.15) is 4.98 Å². The van der Waals surface area contributed by atoms with Crippen molar-refractivity contribution in [1.29, 1.82) is 0 Å². The average molecular weight is 274 g/mol.